The van der Waals surface area contributed by atoms with Crippen LogP contribution in [-0.4, -0.2) is 24.5 Å². The Morgan fingerprint density at radius 2 is 1.81 bits per heavy atom. The molecule has 1 N–H and O–H groups in total. The van der Waals surface area contributed by atoms with E-state index in [1.54, 1.807) is 31.4 Å². The summed E-state index contributed by atoms with van der Waals surface area (Å²) in [5, 5.41) is 13.8. The van der Waals surface area contributed by atoms with Crippen molar-refractivity contribution >= 4 is 11.6 Å². The largest absolute Gasteiger partial charge is 0.497 e. The first-order valence-electron chi connectivity index (χ1n) is 8.29. The molecule has 26 heavy (non-hydrogen) atoms. The smallest absolute Gasteiger partial charge is 0.270 e. The molecule has 7 nitrogen and oxygen atoms in total. The molecule has 138 valence electrons. The SMILES string of the molecule is COc1ccc(Oc2ccc([N+](=O)[O-])cc2C(=O)NCCC(C)C)cc1. The average Bonchev–Trinajstić information content (AvgIpc) is 2.62. The highest BCUT2D eigenvalue weighted by molar-refractivity contribution is 5.97. The molecule has 0 saturated heterocycles. The first-order chi connectivity index (χ1) is 12.4. The molecule has 0 aliphatic heterocycles. The van der Waals surface area contributed by atoms with Crippen LogP contribution in [0.2, 0.25) is 0 Å². The highest BCUT2D eigenvalue weighted by Crippen LogP contribution is 2.29. The van der Waals surface area contributed by atoms with Gasteiger partial charge in [0.05, 0.1) is 17.6 Å². The van der Waals surface area contributed by atoms with Gasteiger partial charge in [-0.1, -0.05) is 13.8 Å². The summed E-state index contributed by atoms with van der Waals surface area (Å²) in [5.41, 5.74) is -0.0418. The van der Waals surface area contributed by atoms with Gasteiger partial charge in [0.2, 0.25) is 0 Å². The van der Waals surface area contributed by atoms with Gasteiger partial charge in [-0.3, -0.25) is 14.9 Å². The van der Waals surface area contributed by atoms with Crippen molar-refractivity contribution in [3.63, 3.8) is 0 Å². The first-order valence-corrected chi connectivity index (χ1v) is 8.29. The Bertz CT molecular complexity index is 772. The van der Waals surface area contributed by atoms with E-state index in [4.69, 9.17) is 9.47 Å². The van der Waals surface area contributed by atoms with E-state index in [9.17, 15) is 14.9 Å². The summed E-state index contributed by atoms with van der Waals surface area (Å²) in [6.45, 7) is 4.59. The Hall–Kier alpha value is -3.09. The second-order valence-electron chi connectivity index (χ2n) is 6.15. The maximum atomic E-state index is 12.5. The summed E-state index contributed by atoms with van der Waals surface area (Å²) >= 11 is 0. The lowest BCUT2D eigenvalue weighted by molar-refractivity contribution is -0.384. The number of benzene rings is 2. The van der Waals surface area contributed by atoms with Gasteiger partial charge in [-0.05, 0) is 42.7 Å². The van der Waals surface area contributed by atoms with Crippen LogP contribution >= 0.6 is 0 Å². The van der Waals surface area contributed by atoms with Crippen molar-refractivity contribution in [3.8, 4) is 17.2 Å². The Morgan fingerprint density at radius 3 is 2.38 bits per heavy atom. The molecule has 2 aromatic rings. The van der Waals surface area contributed by atoms with E-state index in [0.29, 0.717) is 24.0 Å². The molecule has 0 bridgehead atoms. The fraction of sp³-hybridized carbons (Fsp3) is 0.316. The highest BCUT2D eigenvalue weighted by Gasteiger charge is 2.18. The molecule has 0 aliphatic rings. The van der Waals surface area contributed by atoms with Gasteiger partial charge in [0, 0.05) is 18.7 Å². The van der Waals surface area contributed by atoms with Crippen molar-refractivity contribution < 1.29 is 19.2 Å². The third kappa shape index (κ3) is 5.20. The predicted molar refractivity (Wildman–Crippen MR) is 98.0 cm³/mol. The van der Waals surface area contributed by atoms with Crippen LogP contribution < -0.4 is 14.8 Å². The van der Waals surface area contributed by atoms with Crippen molar-refractivity contribution in [1.29, 1.82) is 0 Å². The minimum absolute atomic E-state index is 0.124. The molecule has 0 aromatic heterocycles. The van der Waals surface area contributed by atoms with Crippen molar-refractivity contribution in [3.05, 3.63) is 58.1 Å². The average molecular weight is 358 g/mol. The zero-order chi connectivity index (χ0) is 19.1. The van der Waals surface area contributed by atoms with E-state index in [1.807, 2.05) is 0 Å². The molecule has 1 amide bonds. The molecule has 0 heterocycles. The molecule has 0 aliphatic carbocycles. The number of nitro groups is 1. The molecule has 7 heteroatoms. The van der Waals surface area contributed by atoms with E-state index in [1.165, 1.54) is 18.2 Å². The fourth-order valence-corrected chi connectivity index (χ4v) is 2.24. The van der Waals surface area contributed by atoms with Gasteiger partial charge < -0.3 is 14.8 Å². The Balaban J connectivity index is 2.25. The third-order valence-corrected chi connectivity index (χ3v) is 3.71. The second-order valence-corrected chi connectivity index (χ2v) is 6.15. The summed E-state index contributed by atoms with van der Waals surface area (Å²) in [6, 6.07) is 10.8. The number of rotatable bonds is 8. The molecule has 2 rings (SSSR count). The van der Waals surface area contributed by atoms with Gasteiger partial charge in [-0.25, -0.2) is 0 Å². The predicted octanol–water partition coefficient (Wildman–Crippen LogP) is 4.17. The number of hydrogen-bond donors (Lipinski definition) is 1. The van der Waals surface area contributed by atoms with Gasteiger partial charge in [0.1, 0.15) is 17.2 Å². The summed E-state index contributed by atoms with van der Waals surface area (Å²) < 4.78 is 10.8. The number of nitrogens with one attached hydrogen (secondary N) is 1. The minimum Gasteiger partial charge on any atom is -0.497 e. The Kier molecular flexibility index (Phi) is 6.54. The number of ether oxygens (including phenoxy) is 2. The number of carbonyl (C=O) groups is 1. The molecular formula is C19H22N2O5. The van der Waals surface area contributed by atoms with E-state index in [2.05, 4.69) is 19.2 Å². The third-order valence-electron chi connectivity index (χ3n) is 3.71. The van der Waals surface area contributed by atoms with Crippen LogP contribution in [0.3, 0.4) is 0 Å². The maximum absolute atomic E-state index is 12.5. The van der Waals surface area contributed by atoms with E-state index >= 15 is 0 Å². The Morgan fingerprint density at radius 1 is 1.15 bits per heavy atom. The summed E-state index contributed by atoms with van der Waals surface area (Å²) in [5.74, 6) is 1.46. The van der Waals surface area contributed by atoms with Crippen LogP contribution in [0.1, 0.15) is 30.6 Å². The molecule has 0 atom stereocenters. The summed E-state index contributed by atoms with van der Waals surface area (Å²) in [6.07, 6.45) is 0.815. The van der Waals surface area contributed by atoms with Crippen molar-refractivity contribution in [1.82, 2.24) is 5.32 Å². The highest BCUT2D eigenvalue weighted by atomic mass is 16.6. The second kappa shape index (κ2) is 8.84. The van der Waals surface area contributed by atoms with Gasteiger partial charge in [-0.15, -0.1) is 0 Å². The summed E-state index contributed by atoms with van der Waals surface area (Å²) in [7, 11) is 1.56. The molecule has 2 aromatic carbocycles. The number of non-ortho nitro benzene ring substituents is 1. The zero-order valence-electron chi connectivity index (χ0n) is 15.0. The van der Waals surface area contributed by atoms with Gasteiger partial charge in [-0.2, -0.15) is 0 Å². The molecule has 0 saturated carbocycles. The lowest BCUT2D eigenvalue weighted by atomic mass is 10.1. The van der Waals surface area contributed by atoms with Crippen LogP contribution in [-0.2, 0) is 0 Å². The molecular weight excluding hydrogens is 336 g/mol. The number of amides is 1. The van der Waals surface area contributed by atoms with E-state index < -0.39 is 10.8 Å². The number of nitrogens with zero attached hydrogens (tertiary/aromatic N) is 1. The summed E-state index contributed by atoms with van der Waals surface area (Å²) in [4.78, 5) is 23.0. The lowest BCUT2D eigenvalue weighted by Gasteiger charge is -2.12. The topological polar surface area (TPSA) is 90.7 Å². The molecule has 0 unspecified atom stereocenters. The number of methoxy groups -OCH3 is 1. The molecule has 0 fully saturated rings. The molecule has 0 spiro atoms. The van der Waals surface area contributed by atoms with Crippen LogP contribution in [0.5, 0.6) is 17.2 Å². The maximum Gasteiger partial charge on any atom is 0.270 e. The van der Waals surface area contributed by atoms with Crippen molar-refractivity contribution in [2.45, 2.75) is 20.3 Å². The van der Waals surface area contributed by atoms with E-state index in [0.717, 1.165) is 6.42 Å². The lowest BCUT2D eigenvalue weighted by Crippen LogP contribution is -2.25. The number of carbonyl (C=O) groups excluding carboxylic acids is 1. The first kappa shape index (κ1) is 19.2. The minimum atomic E-state index is -0.540. The quantitative estimate of drug-likeness (QED) is 0.565. The van der Waals surface area contributed by atoms with Crippen LogP contribution in [0.15, 0.2) is 42.5 Å². The standard InChI is InChI=1S/C19H22N2O5/c1-13(2)10-11-20-19(22)17-12-14(21(23)24)4-9-18(17)26-16-7-5-15(25-3)6-8-16/h4-9,12-13H,10-11H2,1-3H3,(H,20,22). The number of hydrogen-bond acceptors (Lipinski definition) is 5. The van der Waals surface area contributed by atoms with E-state index in [-0.39, 0.29) is 17.0 Å². The number of nitro benzene ring substituents is 1. The fourth-order valence-electron chi connectivity index (χ4n) is 2.24. The van der Waals surface area contributed by atoms with Crippen molar-refractivity contribution in [2.75, 3.05) is 13.7 Å². The van der Waals surface area contributed by atoms with Crippen molar-refractivity contribution in [2.24, 2.45) is 5.92 Å². The van der Waals surface area contributed by atoms with Crippen LogP contribution in [0.4, 0.5) is 5.69 Å². The normalized spacial score (nSPS) is 10.5. The van der Waals surface area contributed by atoms with Gasteiger partial charge in [0.15, 0.2) is 0 Å². The zero-order valence-corrected chi connectivity index (χ0v) is 15.0. The Labute approximate surface area is 152 Å². The van der Waals surface area contributed by atoms with Crippen LogP contribution in [0.25, 0.3) is 0 Å². The molecule has 0 radical (unpaired) electrons. The van der Waals surface area contributed by atoms with Gasteiger partial charge in [0.25, 0.3) is 11.6 Å². The van der Waals surface area contributed by atoms with Crippen LogP contribution in [0, 0.1) is 16.0 Å². The monoisotopic (exact) mass is 358 g/mol. The van der Waals surface area contributed by atoms with Gasteiger partial charge >= 0.3 is 0 Å².